The summed E-state index contributed by atoms with van der Waals surface area (Å²) in [7, 11) is 7.70. The number of aromatic nitrogens is 4. The van der Waals surface area contributed by atoms with Gasteiger partial charge in [-0.05, 0) is 225 Å². The Morgan fingerprint density at radius 1 is 0.355 bits per heavy atom. The van der Waals surface area contributed by atoms with Crippen LogP contribution in [0.25, 0.3) is 0 Å². The van der Waals surface area contributed by atoms with Gasteiger partial charge in [0.1, 0.15) is 47.4 Å². The van der Waals surface area contributed by atoms with Crippen LogP contribution in [-0.2, 0) is 66.5 Å². The molecule has 0 saturated carbocycles. The van der Waals surface area contributed by atoms with Crippen LogP contribution in [0, 0.1) is 124 Å². The lowest BCUT2D eigenvalue weighted by molar-refractivity contribution is -0.142. The van der Waals surface area contributed by atoms with E-state index < -0.39 is 130 Å². The minimum absolute atomic E-state index is 0.0108. The van der Waals surface area contributed by atoms with Crippen LogP contribution in [0.5, 0.6) is 0 Å². The summed E-state index contributed by atoms with van der Waals surface area (Å²) in [6, 6.07) is 12.6. The van der Waals surface area contributed by atoms with Crippen LogP contribution in [0.2, 0.25) is 0 Å². The third kappa shape index (κ3) is 23.4. The second-order valence-electron chi connectivity index (χ2n) is 30.7. The summed E-state index contributed by atoms with van der Waals surface area (Å²) in [6.07, 6.45) is 0.240. The maximum atomic E-state index is 13.5. The number of anilines is 4. The maximum Gasteiger partial charge on any atom is 0.326 e. The highest BCUT2D eigenvalue weighted by Crippen LogP contribution is 2.30. The number of Topliss-reactive ketones (excluding diaryl/α,β-unsaturated/α-hetero) is 4. The third-order valence-electron chi connectivity index (χ3n) is 21.0. The molecule has 4 heterocycles. The summed E-state index contributed by atoms with van der Waals surface area (Å²) < 4.78 is 59.7. The fourth-order valence-electron chi connectivity index (χ4n) is 13.6. The fourth-order valence-corrected chi connectivity index (χ4v) is 13.6. The minimum Gasteiger partial charge on any atom is -0.480 e. The predicted octanol–water partition coefficient (Wildman–Crippen LogP) is 9.22. The molecule has 0 aliphatic carbocycles. The summed E-state index contributed by atoms with van der Waals surface area (Å²) in [4.78, 5) is 199. The van der Waals surface area contributed by atoms with Crippen LogP contribution in [0.3, 0.4) is 0 Å². The second-order valence-corrected chi connectivity index (χ2v) is 30.7. The van der Waals surface area contributed by atoms with E-state index in [1.165, 1.54) is 105 Å². The molecule has 124 heavy (non-hydrogen) atoms. The molecule has 0 radical (unpaired) electrons. The Kier molecular flexibility index (Phi) is 34.5. The Balaban J connectivity index is 0.000000294. The molecule has 4 aromatic heterocycles. The molecule has 0 aliphatic rings. The van der Waals surface area contributed by atoms with Gasteiger partial charge in [-0.1, -0.05) is 48.5 Å². The van der Waals surface area contributed by atoms with Gasteiger partial charge in [-0.3, -0.25) is 71.9 Å². The van der Waals surface area contributed by atoms with Crippen molar-refractivity contribution in [2.45, 2.75) is 162 Å². The number of hydrogen-bond acceptors (Lipinski definition) is 16. The minimum atomic E-state index is -1.24. The highest BCUT2D eigenvalue weighted by molar-refractivity contribution is 6.45. The molecule has 36 heteroatoms. The number of aliphatic carboxylic acids is 1. The molecule has 0 spiro atoms. The van der Waals surface area contributed by atoms with Crippen LogP contribution in [0.4, 0.5) is 40.3 Å². The molecule has 664 valence electrons. The number of rotatable bonds is 28. The molecule has 0 aliphatic heterocycles. The van der Waals surface area contributed by atoms with Gasteiger partial charge in [0.05, 0.1) is 45.0 Å². The number of carboxylic acids is 1. The summed E-state index contributed by atoms with van der Waals surface area (Å²) in [5.41, 5.74) is 17.8. The Bertz CT molecular complexity index is 5460. The molecular formula is C88H107F4N15O17. The van der Waals surface area contributed by atoms with Crippen molar-refractivity contribution in [1.82, 2.24) is 44.9 Å². The zero-order valence-electron chi connectivity index (χ0n) is 73.6. The monoisotopic (exact) mass is 1720 g/mol. The first kappa shape index (κ1) is 101. The predicted molar refractivity (Wildman–Crippen MR) is 456 cm³/mol. The van der Waals surface area contributed by atoms with Crippen molar-refractivity contribution in [1.29, 1.82) is 0 Å². The van der Waals surface area contributed by atoms with Gasteiger partial charge in [0.25, 0.3) is 70.4 Å². The van der Waals surface area contributed by atoms with Crippen molar-refractivity contribution in [2.24, 2.45) is 57.4 Å². The van der Waals surface area contributed by atoms with Crippen molar-refractivity contribution in [3.63, 3.8) is 0 Å². The van der Waals surface area contributed by atoms with Gasteiger partial charge in [0, 0.05) is 80.8 Å². The first-order valence-corrected chi connectivity index (χ1v) is 39.0. The number of halogens is 4. The first-order valence-electron chi connectivity index (χ1n) is 39.0. The van der Waals surface area contributed by atoms with Crippen molar-refractivity contribution in [3.05, 3.63) is 208 Å². The Hall–Kier alpha value is -14.0. The standard InChI is InChI=1S/C23H29FN4O4.C22H27FN4O4.C22H26FN3O5.C21H25FN4O4/c1-11(2)18(22(31)25-6)27-23(32)20(29)19-13(4)17(14(5)28(19)7)21(30)26-15-8-9-16(24)12(3)10-15;1-10(2)17(20(24)29)26-22(31)19(28)18-12(4)16(13(5)27(18)6)21(30)25-14-7-8-15(23)11(3)9-14;1-10(2)17(22(30)31)25-21(29)19(27)18-12(4)16(13(5)26(18)6)20(28)24-14-7-8-15(23)11(3)9-14;1-6-15(19(23)28)25-21(30)18(27)17-11(3)16(12(4)26(17)5)20(29)24-13-7-8-14(22)10(2)9-13/h8-11,18H,1-7H3,(H,25,31)(H,26,30)(H,27,32);7-10,17H,1-6H3,(H2,24,29)(H,25,30)(H,26,31);7-10,17H,1-6H3,(H,24,28)(H,25,29)(H,30,31);7-9,15H,6H2,1-5H3,(H2,23,28)(H,24,29)(H,25,30)/t18-;2*17-;/m001./s1. The van der Waals surface area contributed by atoms with Gasteiger partial charge in [-0.2, -0.15) is 0 Å². The number of nitrogens with zero attached hydrogens (tertiary/aromatic N) is 4. The van der Waals surface area contributed by atoms with E-state index >= 15 is 0 Å². The first-order chi connectivity index (χ1) is 57.6. The quantitative estimate of drug-likeness (QED) is 0.0123. The average Bonchev–Trinajstić information content (AvgIpc) is 1.64. The Labute approximate surface area is 714 Å². The van der Waals surface area contributed by atoms with Crippen LogP contribution in [-0.4, -0.2) is 149 Å². The number of carbonyl (C=O) groups is 16. The summed E-state index contributed by atoms with van der Waals surface area (Å²) in [5.74, 6) is -15.1. The van der Waals surface area contributed by atoms with E-state index in [1.807, 2.05) is 0 Å². The number of benzene rings is 4. The van der Waals surface area contributed by atoms with Crippen LogP contribution < -0.4 is 59.3 Å². The number of hydrogen-bond donors (Lipinski definition) is 12. The molecular weight excluding hydrogens is 1620 g/mol. The van der Waals surface area contributed by atoms with Crippen molar-refractivity contribution < 1.29 is 99.4 Å². The van der Waals surface area contributed by atoms with Crippen LogP contribution in [0.15, 0.2) is 72.8 Å². The van der Waals surface area contributed by atoms with Crippen molar-refractivity contribution in [2.75, 3.05) is 28.3 Å². The molecule has 8 rings (SSSR count). The van der Waals surface area contributed by atoms with E-state index in [-0.39, 0.29) is 86.3 Å². The number of amides is 11. The van der Waals surface area contributed by atoms with E-state index in [0.717, 1.165) is 0 Å². The van der Waals surface area contributed by atoms with Gasteiger partial charge in [-0.25, -0.2) is 22.4 Å². The molecule has 11 amide bonds. The molecule has 4 atom stereocenters. The number of aryl methyl sites for hydroxylation is 4. The second kappa shape index (κ2) is 42.5. The molecule has 8 aromatic rings. The van der Waals surface area contributed by atoms with E-state index in [1.54, 1.807) is 153 Å². The number of primary amides is 2. The lowest BCUT2D eigenvalue weighted by atomic mass is 10.0. The van der Waals surface area contributed by atoms with Gasteiger partial charge >= 0.3 is 5.97 Å². The SMILES string of the molecule is CCC(NC(=O)C(=O)c1c(C)c(C(=O)Nc2ccc(F)c(C)c2)c(C)n1C)C(N)=O.CNC(=O)[C@@H](NC(=O)C(=O)c1c(C)c(C(=O)Nc2ccc(F)c(C)c2)c(C)n1C)C(C)C.Cc1cc(NC(=O)c2c(C)c(C(=O)C(=O)N[C@@H](C(=O)O)C(C)C)n(C)c2C)ccc1F.Cc1cc(NC(=O)c2c(C)c(C(=O)C(=O)N[C@H](C(N)=O)C(C)C)n(C)c2C)ccc1F. The van der Waals surface area contributed by atoms with Crippen molar-refractivity contribution in [3.8, 4) is 0 Å². The number of nitrogens with one attached hydrogen (secondary N) is 9. The van der Waals surface area contributed by atoms with E-state index in [0.29, 0.717) is 84.5 Å². The van der Waals surface area contributed by atoms with Crippen LogP contribution >= 0.6 is 0 Å². The molecule has 0 saturated heterocycles. The van der Waals surface area contributed by atoms with Gasteiger partial charge < -0.3 is 82.7 Å². The fraction of sp³-hybridized carbons (Fsp3) is 0.364. The highest BCUT2D eigenvalue weighted by Gasteiger charge is 2.37. The number of likely N-dealkylation sites (N-methyl/N-ethyl adjacent to an activating group) is 1. The Morgan fingerprint density at radius 3 is 0.774 bits per heavy atom. The lowest BCUT2D eigenvalue weighted by Gasteiger charge is -2.20. The van der Waals surface area contributed by atoms with Gasteiger partial charge in [0.15, 0.2) is 0 Å². The molecule has 1 unspecified atom stereocenters. The molecule has 14 N–H and O–H groups in total. The Morgan fingerprint density at radius 2 is 0.581 bits per heavy atom. The average molecular weight is 1720 g/mol. The third-order valence-corrected chi connectivity index (χ3v) is 21.0. The molecule has 0 fully saturated rings. The van der Waals surface area contributed by atoms with Gasteiger partial charge in [-0.15, -0.1) is 0 Å². The zero-order valence-corrected chi connectivity index (χ0v) is 73.6. The largest absolute Gasteiger partial charge is 0.480 e. The topological polar surface area (TPSA) is 473 Å². The number of ketones is 4. The van der Waals surface area contributed by atoms with Gasteiger partial charge in [0.2, 0.25) is 17.7 Å². The van der Waals surface area contributed by atoms with E-state index in [2.05, 4.69) is 47.9 Å². The van der Waals surface area contributed by atoms with Crippen LogP contribution in [0.1, 0.15) is 206 Å². The summed E-state index contributed by atoms with van der Waals surface area (Å²) in [5, 5.41) is 31.9. The molecule has 32 nitrogen and oxygen atoms in total. The smallest absolute Gasteiger partial charge is 0.326 e. The summed E-state index contributed by atoms with van der Waals surface area (Å²) in [6.45, 7) is 30.9. The normalized spacial score (nSPS) is 11.8. The van der Waals surface area contributed by atoms with E-state index in [4.69, 9.17) is 11.5 Å². The van der Waals surface area contributed by atoms with E-state index in [9.17, 15) is 99.4 Å². The number of carbonyl (C=O) groups excluding carboxylic acids is 15. The number of nitrogens with two attached hydrogens (primary N) is 2. The lowest BCUT2D eigenvalue weighted by Crippen LogP contribution is -2.50. The van der Waals surface area contributed by atoms with Crippen molar-refractivity contribution >= 4 is 117 Å². The molecule has 4 aromatic carbocycles. The zero-order chi connectivity index (χ0) is 94.3. The molecule has 0 bridgehead atoms. The highest BCUT2D eigenvalue weighted by atomic mass is 19.1. The number of carboxylic acid groups (broad SMARTS) is 1. The maximum absolute atomic E-state index is 13.5. The summed E-state index contributed by atoms with van der Waals surface area (Å²) >= 11 is 0.